The molecule has 5 heteroatoms. The predicted molar refractivity (Wildman–Crippen MR) is 64.3 cm³/mol. The molecule has 1 aliphatic rings. The minimum atomic E-state index is -0.797. The summed E-state index contributed by atoms with van der Waals surface area (Å²) in [6.07, 6.45) is 1.69. The Morgan fingerprint density at radius 2 is 2.00 bits per heavy atom. The number of likely N-dealkylation sites (tertiary alicyclic amines) is 1. The molecule has 98 valence electrons. The maximum absolute atomic E-state index is 13.4. The van der Waals surface area contributed by atoms with Crippen LogP contribution < -0.4 is 5.73 Å². The SMILES string of the molecule is NC1CCN(CC(=O)c2ccc(F)cc2F)CC1. The monoisotopic (exact) mass is 254 g/mol. The van der Waals surface area contributed by atoms with Crippen molar-refractivity contribution in [2.45, 2.75) is 18.9 Å². The third-order valence-electron chi connectivity index (χ3n) is 3.23. The average Bonchev–Trinajstić information content (AvgIpc) is 2.32. The summed E-state index contributed by atoms with van der Waals surface area (Å²) in [5.41, 5.74) is 5.72. The Hall–Kier alpha value is -1.33. The molecule has 1 aromatic carbocycles. The molecule has 0 saturated carbocycles. The van der Waals surface area contributed by atoms with Crippen molar-refractivity contribution < 1.29 is 13.6 Å². The van der Waals surface area contributed by atoms with Gasteiger partial charge in [0, 0.05) is 25.2 Å². The smallest absolute Gasteiger partial charge is 0.179 e. The van der Waals surface area contributed by atoms with E-state index in [1.807, 2.05) is 4.90 Å². The molecule has 2 rings (SSSR count). The number of rotatable bonds is 3. The first kappa shape index (κ1) is 13.1. The summed E-state index contributed by atoms with van der Waals surface area (Å²) >= 11 is 0. The van der Waals surface area contributed by atoms with Gasteiger partial charge >= 0.3 is 0 Å². The highest BCUT2D eigenvalue weighted by atomic mass is 19.1. The number of carbonyl (C=O) groups is 1. The van der Waals surface area contributed by atoms with Crippen LogP contribution in [0.5, 0.6) is 0 Å². The van der Waals surface area contributed by atoms with Gasteiger partial charge in [-0.2, -0.15) is 0 Å². The van der Waals surface area contributed by atoms with E-state index in [4.69, 9.17) is 5.73 Å². The van der Waals surface area contributed by atoms with E-state index < -0.39 is 11.6 Å². The fraction of sp³-hybridized carbons (Fsp3) is 0.462. The molecule has 18 heavy (non-hydrogen) atoms. The molecule has 1 aliphatic heterocycles. The van der Waals surface area contributed by atoms with Crippen molar-refractivity contribution in [2.75, 3.05) is 19.6 Å². The van der Waals surface area contributed by atoms with Gasteiger partial charge in [0.25, 0.3) is 0 Å². The van der Waals surface area contributed by atoms with E-state index in [0.717, 1.165) is 38.1 Å². The van der Waals surface area contributed by atoms with Gasteiger partial charge in [0.05, 0.1) is 12.1 Å². The van der Waals surface area contributed by atoms with Crippen LogP contribution in [0.15, 0.2) is 18.2 Å². The van der Waals surface area contributed by atoms with Crippen LogP contribution in [0.3, 0.4) is 0 Å². The second-order valence-electron chi connectivity index (χ2n) is 4.66. The number of piperidine rings is 1. The zero-order valence-corrected chi connectivity index (χ0v) is 10.0. The second-order valence-corrected chi connectivity index (χ2v) is 4.66. The van der Waals surface area contributed by atoms with E-state index in [-0.39, 0.29) is 23.9 Å². The number of nitrogens with zero attached hydrogens (tertiary/aromatic N) is 1. The molecule has 0 aromatic heterocycles. The van der Waals surface area contributed by atoms with E-state index in [1.54, 1.807) is 0 Å². The van der Waals surface area contributed by atoms with Gasteiger partial charge < -0.3 is 5.73 Å². The highest BCUT2D eigenvalue weighted by Crippen LogP contribution is 2.13. The maximum Gasteiger partial charge on any atom is 0.179 e. The summed E-state index contributed by atoms with van der Waals surface area (Å²) in [6, 6.07) is 3.23. The van der Waals surface area contributed by atoms with Gasteiger partial charge in [-0.3, -0.25) is 9.69 Å². The standard InChI is InChI=1S/C13H16F2N2O/c14-9-1-2-11(12(15)7-9)13(18)8-17-5-3-10(16)4-6-17/h1-2,7,10H,3-6,8,16H2. The van der Waals surface area contributed by atoms with E-state index in [9.17, 15) is 13.6 Å². The first-order valence-corrected chi connectivity index (χ1v) is 6.02. The Labute approximate surface area is 105 Å². The number of benzene rings is 1. The minimum absolute atomic E-state index is 0.0497. The molecule has 1 saturated heterocycles. The summed E-state index contributed by atoms with van der Waals surface area (Å²) in [5.74, 6) is -1.79. The van der Waals surface area contributed by atoms with Crippen LogP contribution in [0.1, 0.15) is 23.2 Å². The van der Waals surface area contributed by atoms with Crippen LogP contribution >= 0.6 is 0 Å². The topological polar surface area (TPSA) is 46.3 Å². The lowest BCUT2D eigenvalue weighted by Gasteiger charge is -2.29. The lowest BCUT2D eigenvalue weighted by atomic mass is 10.0. The lowest BCUT2D eigenvalue weighted by molar-refractivity contribution is 0.0906. The van der Waals surface area contributed by atoms with Crippen LogP contribution in [-0.4, -0.2) is 36.4 Å². The number of hydrogen-bond acceptors (Lipinski definition) is 3. The molecule has 0 atom stereocenters. The Bertz CT molecular complexity index is 443. The number of hydrogen-bond donors (Lipinski definition) is 1. The molecule has 0 aliphatic carbocycles. The molecule has 0 bridgehead atoms. The van der Waals surface area contributed by atoms with E-state index in [2.05, 4.69) is 0 Å². The van der Waals surface area contributed by atoms with Gasteiger partial charge in [-0.15, -0.1) is 0 Å². The van der Waals surface area contributed by atoms with Gasteiger partial charge in [0.1, 0.15) is 11.6 Å². The largest absolute Gasteiger partial charge is 0.328 e. The lowest BCUT2D eigenvalue weighted by Crippen LogP contribution is -2.42. The maximum atomic E-state index is 13.4. The molecule has 2 N–H and O–H groups in total. The normalized spacial score (nSPS) is 17.9. The van der Waals surface area contributed by atoms with Crippen LogP contribution in [0.2, 0.25) is 0 Å². The van der Waals surface area contributed by atoms with Crippen molar-refractivity contribution in [3.63, 3.8) is 0 Å². The summed E-state index contributed by atoms with van der Waals surface area (Å²) in [6.45, 7) is 1.65. The quantitative estimate of drug-likeness (QED) is 0.833. The van der Waals surface area contributed by atoms with Crippen LogP contribution in [-0.2, 0) is 0 Å². The molecule has 1 fully saturated rings. The van der Waals surface area contributed by atoms with Gasteiger partial charge in [-0.25, -0.2) is 8.78 Å². The molecule has 0 spiro atoms. The predicted octanol–water partition coefficient (Wildman–Crippen LogP) is 1.57. The molecule has 1 aromatic rings. The number of halogens is 2. The van der Waals surface area contributed by atoms with Gasteiger partial charge in [0.2, 0.25) is 0 Å². The Morgan fingerprint density at radius 3 is 2.61 bits per heavy atom. The van der Waals surface area contributed by atoms with Crippen LogP contribution in [0, 0.1) is 11.6 Å². The fourth-order valence-corrected chi connectivity index (χ4v) is 2.11. The highest BCUT2D eigenvalue weighted by Gasteiger charge is 2.20. The molecule has 3 nitrogen and oxygen atoms in total. The Morgan fingerprint density at radius 1 is 1.33 bits per heavy atom. The first-order valence-electron chi connectivity index (χ1n) is 6.02. The molecular formula is C13H16F2N2O. The third kappa shape index (κ3) is 3.11. The van der Waals surface area contributed by atoms with E-state index in [0.29, 0.717) is 0 Å². The number of nitrogens with two attached hydrogens (primary N) is 1. The summed E-state index contributed by atoms with van der Waals surface area (Å²) in [7, 11) is 0. The van der Waals surface area contributed by atoms with Gasteiger partial charge in [0.15, 0.2) is 5.78 Å². The van der Waals surface area contributed by atoms with Crippen molar-refractivity contribution in [3.05, 3.63) is 35.4 Å². The van der Waals surface area contributed by atoms with E-state index in [1.165, 1.54) is 6.07 Å². The zero-order chi connectivity index (χ0) is 13.1. The van der Waals surface area contributed by atoms with Crippen molar-refractivity contribution in [3.8, 4) is 0 Å². The molecule has 0 unspecified atom stereocenters. The number of carbonyl (C=O) groups excluding carboxylic acids is 1. The Kier molecular flexibility index (Phi) is 4.04. The number of Topliss-reactive ketones (excluding diaryl/α,β-unsaturated/α-hetero) is 1. The van der Waals surface area contributed by atoms with Crippen molar-refractivity contribution in [1.29, 1.82) is 0 Å². The second kappa shape index (κ2) is 5.54. The summed E-state index contributed by atoms with van der Waals surface area (Å²) < 4.78 is 26.2. The molecule has 0 radical (unpaired) electrons. The summed E-state index contributed by atoms with van der Waals surface area (Å²) in [5, 5.41) is 0. The molecule has 0 amide bonds. The van der Waals surface area contributed by atoms with Crippen LogP contribution in [0.4, 0.5) is 8.78 Å². The fourth-order valence-electron chi connectivity index (χ4n) is 2.11. The van der Waals surface area contributed by atoms with Crippen molar-refractivity contribution in [2.24, 2.45) is 5.73 Å². The van der Waals surface area contributed by atoms with Gasteiger partial charge in [-0.05, 0) is 25.0 Å². The minimum Gasteiger partial charge on any atom is -0.328 e. The highest BCUT2D eigenvalue weighted by molar-refractivity contribution is 5.97. The molecular weight excluding hydrogens is 238 g/mol. The van der Waals surface area contributed by atoms with E-state index >= 15 is 0 Å². The Balaban J connectivity index is 1.99. The van der Waals surface area contributed by atoms with Gasteiger partial charge in [-0.1, -0.05) is 0 Å². The summed E-state index contributed by atoms with van der Waals surface area (Å²) in [4.78, 5) is 13.8. The molecule has 1 heterocycles. The third-order valence-corrected chi connectivity index (χ3v) is 3.23. The van der Waals surface area contributed by atoms with Crippen molar-refractivity contribution in [1.82, 2.24) is 4.90 Å². The van der Waals surface area contributed by atoms with Crippen molar-refractivity contribution >= 4 is 5.78 Å². The van der Waals surface area contributed by atoms with Crippen LogP contribution in [0.25, 0.3) is 0 Å². The first-order chi connectivity index (χ1) is 8.56. The average molecular weight is 254 g/mol. The zero-order valence-electron chi connectivity index (χ0n) is 10.0. The number of ketones is 1.